The number of aldehydes is 1. The molecule has 3 N–H and O–H groups in total. The third-order valence-electron chi connectivity index (χ3n) is 21.8. The van der Waals surface area contributed by atoms with Crippen LogP contribution in [0.1, 0.15) is 225 Å². The van der Waals surface area contributed by atoms with E-state index in [1.165, 1.54) is 10.4 Å². The minimum Gasteiger partial charge on any atom is -1.00 e. The first kappa shape index (κ1) is 104. The first-order chi connectivity index (χ1) is 49.8. The van der Waals surface area contributed by atoms with E-state index >= 15 is 0 Å². The van der Waals surface area contributed by atoms with Crippen molar-refractivity contribution in [1.82, 2.24) is 9.80 Å². The number of hydrogen-bond donors (Lipinski definition) is 3. The van der Waals surface area contributed by atoms with Gasteiger partial charge in [0.2, 0.25) is 11.6 Å². The third-order valence-corrected chi connectivity index (χ3v) is 26.9. The molecule has 0 bridgehead atoms. The number of benzene rings is 2. The van der Waals surface area contributed by atoms with Gasteiger partial charge in [-0.15, -0.1) is 5.92 Å². The second-order valence-electron chi connectivity index (χ2n) is 34.7. The van der Waals surface area contributed by atoms with E-state index in [1.54, 1.807) is 69.6 Å². The Balaban J connectivity index is 0.000000816. The first-order valence-electron chi connectivity index (χ1n) is 39.4. The molecular formula is C88H147BrMgN2O17Si. The minimum atomic E-state index is -2.70. The molecule has 0 spiro atoms. The zero-order valence-corrected chi connectivity index (χ0v) is 77.9. The average Bonchev–Trinajstić information content (AvgIpc) is 0.742. The summed E-state index contributed by atoms with van der Waals surface area (Å²) in [6, 6.07) is 21.5. The standard InChI is InChI=1S/C34H61NO8.C26H45NO7.C24H32O2Si.C4H9.BrH.Mg/c1-15-27(36)19(2)16-20(3)28(37)21(4)18-34(11,39-14)30(24(7)29-25(8)31(38)43-33(9,10)42-29)41-32-23(6)26(35(12)13)17-22(5)40-32;1-15(14-28)13-26(8,30-11)22(18(4)21-19(5)23(29)34-25(6,7)33-21)32-24-17(3)20(27(9)10)12-16(2)31-24;1-7-19-24(6,25)22(8-2)26-27(23(3,4)5,20-15-11-9-12-16-20)21-17-13-10-14-18-21;1-4(2)3;;/h16,19,21-24,26-28,30,32,36-37H,15,17-18H2,1-14H3;14-18,20,22,24H,12-13H2,1-11H3;9-18,22,25H,8H2,1-6H3;4H,1H2,2-3H3;1H;/q;;;-1;;+2/p-1/b20-16+;;;;;/t19?,21-,22?,23?,24+,26?,27-,28?,30-,32+,34-;15-,16?,17?,18+,20?,22-,24+,26-;22-,24?;;;/m111.../s1. The first-order valence-corrected chi connectivity index (χ1v) is 41.4. The zero-order chi connectivity index (χ0) is 82.7. The monoisotopic (exact) mass is 1630 g/mol. The number of aliphatic hydroxyl groups is 3. The molecule has 21 atom stereocenters. The van der Waals surface area contributed by atoms with E-state index < -0.39 is 91.5 Å². The van der Waals surface area contributed by atoms with Gasteiger partial charge in [-0.25, -0.2) is 9.59 Å². The smallest absolute Gasteiger partial charge is 1.00 e. The van der Waals surface area contributed by atoms with Crippen LogP contribution in [0.15, 0.2) is 95.0 Å². The summed E-state index contributed by atoms with van der Waals surface area (Å²) in [5, 5.41) is 35.0. The van der Waals surface area contributed by atoms with E-state index in [1.807, 2.05) is 87.4 Å². The molecule has 9 unspecified atom stereocenters. The van der Waals surface area contributed by atoms with Gasteiger partial charge in [0.1, 0.15) is 23.4 Å². The fourth-order valence-corrected chi connectivity index (χ4v) is 20.7. The fraction of sp³-hybridized carbons (Fsp3) is 0.727. The molecule has 4 aliphatic heterocycles. The number of cyclic esters (lactones) is 2. The second kappa shape index (κ2) is 45.2. The van der Waals surface area contributed by atoms with Crippen LogP contribution in [0.25, 0.3) is 0 Å². The second-order valence-corrected chi connectivity index (χ2v) is 38.9. The number of hydrogen-bond acceptors (Lipinski definition) is 19. The van der Waals surface area contributed by atoms with Gasteiger partial charge in [0.25, 0.3) is 8.32 Å². The van der Waals surface area contributed by atoms with E-state index in [2.05, 4.69) is 168 Å². The molecule has 6 rings (SSSR count). The third kappa shape index (κ3) is 28.4. The van der Waals surface area contributed by atoms with Crippen LogP contribution in [-0.2, 0) is 66.2 Å². The van der Waals surface area contributed by atoms with Crippen LogP contribution in [0.4, 0.5) is 0 Å². The summed E-state index contributed by atoms with van der Waals surface area (Å²) in [5.41, 5.74) is -1.35. The Morgan fingerprint density at radius 1 is 0.673 bits per heavy atom. The molecule has 0 amide bonds. The molecule has 2 saturated heterocycles. The topological polar surface area (TPSA) is 220 Å². The number of ether oxygens (including phenoxy) is 10. The molecule has 0 radical (unpaired) electrons. The van der Waals surface area contributed by atoms with Gasteiger partial charge >= 0.3 is 35.0 Å². The Bertz CT molecular complexity index is 3230. The molecule has 110 heavy (non-hydrogen) atoms. The maximum Gasteiger partial charge on any atom is 2.00 e. The van der Waals surface area contributed by atoms with Crippen molar-refractivity contribution < 1.29 is 98.5 Å². The molecule has 624 valence electrons. The van der Waals surface area contributed by atoms with Crippen LogP contribution in [0, 0.1) is 66.1 Å². The molecule has 0 aromatic heterocycles. The van der Waals surface area contributed by atoms with Crippen LogP contribution >= 0.6 is 0 Å². The number of rotatable bonds is 30. The number of carbonyl (C=O) groups is 3. The predicted molar refractivity (Wildman–Crippen MR) is 440 cm³/mol. The van der Waals surface area contributed by atoms with Crippen molar-refractivity contribution in [3.8, 4) is 11.8 Å². The Morgan fingerprint density at radius 3 is 1.36 bits per heavy atom. The maximum atomic E-state index is 12.8. The van der Waals surface area contributed by atoms with Crippen molar-refractivity contribution in [2.45, 2.75) is 326 Å². The summed E-state index contributed by atoms with van der Waals surface area (Å²) in [4.78, 5) is 41.4. The van der Waals surface area contributed by atoms with Crippen LogP contribution in [-0.4, -0.2) is 213 Å². The van der Waals surface area contributed by atoms with Crippen LogP contribution in [0.5, 0.6) is 0 Å². The van der Waals surface area contributed by atoms with E-state index in [0.717, 1.165) is 24.7 Å². The molecule has 4 heterocycles. The molecule has 0 saturated carbocycles. The summed E-state index contributed by atoms with van der Waals surface area (Å²) in [7, 11) is 8.87. The molecule has 22 heteroatoms. The number of carbonyl (C=O) groups excluding carboxylic acids is 3. The molecule has 4 aliphatic rings. The normalized spacial score (nSPS) is 25.9. The number of nitrogens with zero attached hydrogens (tertiary/aromatic N) is 2. The summed E-state index contributed by atoms with van der Waals surface area (Å²) in [6.45, 7) is 56.2. The summed E-state index contributed by atoms with van der Waals surface area (Å²) in [6.07, 6.45) is 3.13. The molecule has 19 nitrogen and oxygen atoms in total. The van der Waals surface area contributed by atoms with Crippen molar-refractivity contribution in [2.75, 3.05) is 42.4 Å². The van der Waals surface area contributed by atoms with Crippen molar-refractivity contribution in [2.24, 2.45) is 47.3 Å². The summed E-state index contributed by atoms with van der Waals surface area (Å²) in [5.74, 6) is 3.18. The molecule has 2 aromatic rings. The van der Waals surface area contributed by atoms with Crippen LogP contribution in [0.3, 0.4) is 0 Å². The summed E-state index contributed by atoms with van der Waals surface area (Å²) >= 11 is 0. The van der Waals surface area contributed by atoms with Gasteiger partial charge in [0.15, 0.2) is 12.6 Å². The van der Waals surface area contributed by atoms with Crippen molar-refractivity contribution in [3.05, 3.63) is 102 Å². The number of methoxy groups -OCH3 is 2. The van der Waals surface area contributed by atoms with Gasteiger partial charge in [0, 0.05) is 89.5 Å². The predicted octanol–water partition coefficient (Wildman–Crippen LogP) is 11.6. The van der Waals surface area contributed by atoms with Gasteiger partial charge in [0.05, 0.1) is 65.1 Å². The fourth-order valence-electron chi connectivity index (χ4n) is 15.9. The Morgan fingerprint density at radius 2 is 1.05 bits per heavy atom. The molecule has 2 aromatic carbocycles. The van der Waals surface area contributed by atoms with E-state index in [-0.39, 0.29) is 111 Å². The maximum absolute atomic E-state index is 12.8. The number of halogens is 1. The molecular weight excluding hydrogens is 1490 g/mol. The van der Waals surface area contributed by atoms with Gasteiger partial charge in [-0.1, -0.05) is 170 Å². The van der Waals surface area contributed by atoms with E-state index in [0.29, 0.717) is 54.3 Å². The Kier molecular flexibility index (Phi) is 42.9. The Hall–Kier alpha value is -3.59. The van der Waals surface area contributed by atoms with Gasteiger partial charge < -0.3 is 106 Å². The SMILES string of the molecule is CC#CC(C)(O)[C@@H](CC)O[Si](c1ccccc1)(c1ccccc1)C(C)(C)C.CC[C@@H](O)C(C)/C=C(\C)C(O)[C@H](C)C[C@@](C)(OC)[C@H](O[C@@H]1OC(C)CC(N(C)C)C1C)[C@@H](C)C1=C(C)C(=O)OC(C)(C)O1.CO[C@](C)(C[C@@H](C)C=O)[C@H](O[C@@H]1OC(C)CC(N(C)C)C1C)[C@@H](C)C1=C(C)C(=O)OC(C)(C)O1.[Br-].[CH2-]C(C)C.[Mg+2]. The number of aliphatic hydroxyl groups excluding tert-OH is 2. The van der Waals surface area contributed by atoms with Gasteiger partial charge in [-0.3, -0.25) is 0 Å². The van der Waals surface area contributed by atoms with Gasteiger partial charge in [-0.05, 0) is 156 Å². The van der Waals surface area contributed by atoms with Gasteiger partial charge in [-0.2, -0.15) is 5.92 Å². The molecule has 2 fully saturated rings. The van der Waals surface area contributed by atoms with E-state index in [4.69, 9.17) is 51.8 Å². The summed E-state index contributed by atoms with van der Waals surface area (Å²) < 4.78 is 69.1. The van der Waals surface area contributed by atoms with Crippen molar-refractivity contribution in [1.29, 1.82) is 0 Å². The van der Waals surface area contributed by atoms with Crippen LogP contribution < -0.4 is 27.4 Å². The minimum absolute atomic E-state index is 0. The molecule has 0 aliphatic carbocycles. The van der Waals surface area contributed by atoms with Crippen molar-refractivity contribution >= 4 is 60.0 Å². The Labute approximate surface area is 693 Å². The van der Waals surface area contributed by atoms with Crippen molar-refractivity contribution in [3.63, 3.8) is 0 Å². The number of esters is 2. The van der Waals surface area contributed by atoms with E-state index in [9.17, 15) is 29.7 Å². The van der Waals surface area contributed by atoms with Crippen LogP contribution in [0.2, 0.25) is 5.04 Å². The average molecular weight is 1640 g/mol. The largest absolute Gasteiger partial charge is 2.00 e. The quantitative estimate of drug-likeness (QED) is 0.0165. The zero-order valence-electron chi connectivity index (χ0n) is 73.9.